The minimum absolute atomic E-state index is 0.0933. The van der Waals surface area contributed by atoms with Gasteiger partial charge in [-0.25, -0.2) is 5.01 Å². The lowest BCUT2D eigenvalue weighted by Gasteiger charge is -2.35. The van der Waals surface area contributed by atoms with E-state index in [0.717, 1.165) is 5.56 Å². The molecule has 2 heterocycles. The number of benzene rings is 2. The second-order valence-corrected chi connectivity index (χ2v) is 8.13. The summed E-state index contributed by atoms with van der Waals surface area (Å²) < 4.78 is 10.6. The molecule has 2 aliphatic heterocycles. The molecule has 9 nitrogen and oxygen atoms in total. The fraction of sp³-hybridized carbons (Fsp3) is 0.360. The molecular formula is C25H28N4O5. The van der Waals surface area contributed by atoms with Gasteiger partial charge in [0.05, 0.1) is 26.3 Å². The first-order valence-electron chi connectivity index (χ1n) is 11.2. The van der Waals surface area contributed by atoms with Crippen molar-refractivity contribution in [3.63, 3.8) is 0 Å². The van der Waals surface area contributed by atoms with Gasteiger partial charge in [0.25, 0.3) is 11.8 Å². The molecule has 1 fully saturated rings. The van der Waals surface area contributed by atoms with Crippen molar-refractivity contribution in [3.05, 3.63) is 59.7 Å². The fourth-order valence-electron chi connectivity index (χ4n) is 4.08. The average molecular weight is 465 g/mol. The lowest BCUT2D eigenvalue weighted by atomic mass is 10.1. The van der Waals surface area contributed by atoms with E-state index in [-0.39, 0.29) is 24.1 Å². The number of carbonyl (C=O) groups is 3. The Morgan fingerprint density at radius 2 is 1.56 bits per heavy atom. The van der Waals surface area contributed by atoms with Crippen LogP contribution in [-0.4, -0.2) is 78.6 Å². The number of hydrogen-bond acceptors (Lipinski definition) is 6. The Balaban J connectivity index is 1.39. The molecular weight excluding hydrogens is 436 g/mol. The molecule has 9 heteroatoms. The number of methoxy groups -OCH3 is 2. The van der Waals surface area contributed by atoms with Gasteiger partial charge < -0.3 is 19.3 Å². The summed E-state index contributed by atoms with van der Waals surface area (Å²) in [6.45, 7) is 1.94. The third kappa shape index (κ3) is 5.03. The first-order chi connectivity index (χ1) is 16.5. The molecule has 0 N–H and O–H groups in total. The first kappa shape index (κ1) is 23.3. The smallest absolute Gasteiger partial charge is 0.270 e. The molecule has 2 aromatic rings. The minimum Gasteiger partial charge on any atom is -0.497 e. The molecule has 0 bridgehead atoms. The summed E-state index contributed by atoms with van der Waals surface area (Å²) in [6.07, 6.45) is 0.582. The molecule has 2 aromatic carbocycles. The number of rotatable bonds is 6. The third-order valence-corrected chi connectivity index (χ3v) is 6.02. The molecule has 0 spiro atoms. The monoisotopic (exact) mass is 464 g/mol. The zero-order chi connectivity index (χ0) is 24.1. The van der Waals surface area contributed by atoms with Gasteiger partial charge >= 0.3 is 0 Å². The van der Waals surface area contributed by atoms with Crippen LogP contribution in [0.3, 0.4) is 0 Å². The molecule has 3 amide bonds. The summed E-state index contributed by atoms with van der Waals surface area (Å²) in [6, 6.07) is 14.7. The standard InChI is InChI=1S/C25H28N4O5/c1-33-19-8-9-20(22(16-19)34-2)24(31)27-12-14-28(15-13-27)25(32)21-10-11-23(30)29(26-21)17-18-6-4-3-5-7-18/h3-9,16H,10-15,17H2,1-2H3. The summed E-state index contributed by atoms with van der Waals surface area (Å²) >= 11 is 0. The lowest BCUT2D eigenvalue weighted by Crippen LogP contribution is -2.52. The fourth-order valence-corrected chi connectivity index (χ4v) is 4.08. The maximum atomic E-state index is 13.1. The van der Waals surface area contributed by atoms with E-state index in [1.54, 1.807) is 35.1 Å². The zero-order valence-corrected chi connectivity index (χ0v) is 19.4. The molecule has 0 unspecified atom stereocenters. The van der Waals surface area contributed by atoms with Crippen LogP contribution >= 0.6 is 0 Å². The maximum Gasteiger partial charge on any atom is 0.270 e. The SMILES string of the molecule is COc1ccc(C(=O)N2CCN(C(=O)C3=NN(Cc4ccccc4)C(=O)CC3)CC2)c(OC)c1. The summed E-state index contributed by atoms with van der Waals surface area (Å²) in [4.78, 5) is 41.9. The molecule has 34 heavy (non-hydrogen) atoms. The molecule has 178 valence electrons. The van der Waals surface area contributed by atoms with Gasteiger partial charge in [0.15, 0.2) is 0 Å². The van der Waals surface area contributed by atoms with Crippen LogP contribution in [0.25, 0.3) is 0 Å². The Kier molecular flexibility index (Phi) is 7.10. The number of piperazine rings is 1. The van der Waals surface area contributed by atoms with Gasteiger partial charge in [-0.15, -0.1) is 0 Å². The quantitative estimate of drug-likeness (QED) is 0.654. The molecule has 2 aliphatic rings. The van der Waals surface area contributed by atoms with Crippen molar-refractivity contribution < 1.29 is 23.9 Å². The van der Waals surface area contributed by atoms with E-state index >= 15 is 0 Å². The topological polar surface area (TPSA) is 91.8 Å². The molecule has 0 saturated carbocycles. The van der Waals surface area contributed by atoms with Crippen LogP contribution in [0, 0.1) is 0 Å². The highest BCUT2D eigenvalue weighted by molar-refractivity contribution is 6.39. The van der Waals surface area contributed by atoms with Crippen LogP contribution in [0.5, 0.6) is 11.5 Å². The van der Waals surface area contributed by atoms with Crippen molar-refractivity contribution in [2.75, 3.05) is 40.4 Å². The zero-order valence-electron chi connectivity index (χ0n) is 19.4. The Bertz CT molecular complexity index is 1090. The average Bonchev–Trinajstić information content (AvgIpc) is 2.89. The van der Waals surface area contributed by atoms with Gasteiger partial charge in [0, 0.05) is 45.1 Å². The highest BCUT2D eigenvalue weighted by Crippen LogP contribution is 2.26. The normalized spacial score (nSPS) is 16.2. The second-order valence-electron chi connectivity index (χ2n) is 8.13. The second kappa shape index (κ2) is 10.4. The van der Waals surface area contributed by atoms with Crippen molar-refractivity contribution >= 4 is 23.4 Å². The van der Waals surface area contributed by atoms with Crippen LogP contribution in [0.15, 0.2) is 53.6 Å². The number of nitrogens with zero attached hydrogens (tertiary/aromatic N) is 4. The van der Waals surface area contributed by atoms with Crippen molar-refractivity contribution in [3.8, 4) is 11.5 Å². The first-order valence-corrected chi connectivity index (χ1v) is 11.2. The van der Waals surface area contributed by atoms with Gasteiger partial charge in [-0.05, 0) is 17.7 Å². The largest absolute Gasteiger partial charge is 0.497 e. The molecule has 0 radical (unpaired) electrons. The van der Waals surface area contributed by atoms with E-state index in [9.17, 15) is 14.4 Å². The van der Waals surface area contributed by atoms with Crippen molar-refractivity contribution in [2.45, 2.75) is 19.4 Å². The van der Waals surface area contributed by atoms with Crippen molar-refractivity contribution in [1.29, 1.82) is 0 Å². The molecule has 1 saturated heterocycles. The molecule has 0 atom stereocenters. The van der Waals surface area contributed by atoms with Crippen LogP contribution in [-0.2, 0) is 16.1 Å². The summed E-state index contributed by atoms with van der Waals surface area (Å²) in [5.41, 5.74) is 1.79. The van der Waals surface area contributed by atoms with Crippen LogP contribution in [0.1, 0.15) is 28.8 Å². The summed E-state index contributed by atoms with van der Waals surface area (Å²) in [5, 5.41) is 5.75. The Morgan fingerprint density at radius 3 is 2.21 bits per heavy atom. The number of carbonyl (C=O) groups excluding carboxylic acids is 3. The Hall–Kier alpha value is -3.88. The van der Waals surface area contributed by atoms with E-state index in [1.165, 1.54) is 12.1 Å². The van der Waals surface area contributed by atoms with Gasteiger partial charge in [0.2, 0.25) is 5.91 Å². The van der Waals surface area contributed by atoms with Gasteiger partial charge in [0.1, 0.15) is 17.2 Å². The van der Waals surface area contributed by atoms with E-state index in [1.807, 2.05) is 30.3 Å². The molecule has 4 rings (SSSR count). The highest BCUT2D eigenvalue weighted by atomic mass is 16.5. The van der Waals surface area contributed by atoms with Gasteiger partial charge in [-0.1, -0.05) is 30.3 Å². The lowest BCUT2D eigenvalue weighted by molar-refractivity contribution is -0.132. The number of amides is 3. The van der Waals surface area contributed by atoms with Gasteiger partial charge in [-0.3, -0.25) is 14.4 Å². The van der Waals surface area contributed by atoms with Crippen molar-refractivity contribution in [2.24, 2.45) is 5.10 Å². The van der Waals surface area contributed by atoms with E-state index in [0.29, 0.717) is 61.9 Å². The van der Waals surface area contributed by atoms with Crippen LogP contribution in [0.2, 0.25) is 0 Å². The van der Waals surface area contributed by atoms with E-state index in [4.69, 9.17) is 9.47 Å². The number of hydrogen-bond donors (Lipinski definition) is 0. The summed E-state index contributed by atoms with van der Waals surface area (Å²) in [5.74, 6) is 0.629. The Labute approximate surface area is 198 Å². The maximum absolute atomic E-state index is 13.1. The van der Waals surface area contributed by atoms with E-state index < -0.39 is 0 Å². The summed E-state index contributed by atoms with van der Waals surface area (Å²) in [7, 11) is 3.07. The Morgan fingerprint density at radius 1 is 0.882 bits per heavy atom. The minimum atomic E-state index is -0.181. The van der Waals surface area contributed by atoms with Gasteiger partial charge in [-0.2, -0.15) is 5.10 Å². The predicted octanol–water partition coefficient (Wildman–Crippen LogP) is 2.17. The number of hydrazone groups is 1. The van der Waals surface area contributed by atoms with Crippen molar-refractivity contribution in [1.82, 2.24) is 14.8 Å². The van der Waals surface area contributed by atoms with E-state index in [2.05, 4.69) is 5.10 Å². The molecule has 0 aliphatic carbocycles. The molecule has 0 aromatic heterocycles. The van der Waals surface area contributed by atoms with Crippen LogP contribution < -0.4 is 9.47 Å². The van der Waals surface area contributed by atoms with Crippen LogP contribution in [0.4, 0.5) is 0 Å². The number of ether oxygens (including phenoxy) is 2. The third-order valence-electron chi connectivity index (χ3n) is 6.02. The highest BCUT2D eigenvalue weighted by Gasteiger charge is 2.31. The predicted molar refractivity (Wildman–Crippen MR) is 126 cm³/mol.